The summed E-state index contributed by atoms with van der Waals surface area (Å²) in [5.41, 5.74) is 1.76. The van der Waals surface area contributed by atoms with Crippen molar-refractivity contribution < 1.29 is 14.1 Å². The minimum atomic E-state index is -0.177. The Morgan fingerprint density at radius 2 is 2.43 bits per heavy atom. The fourth-order valence-corrected chi connectivity index (χ4v) is 2.44. The van der Waals surface area contributed by atoms with Crippen LogP contribution in [-0.4, -0.2) is 34.5 Å². The average molecular weight is 290 g/mol. The van der Waals surface area contributed by atoms with Crippen LogP contribution < -0.4 is 5.32 Å². The van der Waals surface area contributed by atoms with Gasteiger partial charge in [-0.25, -0.2) is 0 Å². The summed E-state index contributed by atoms with van der Waals surface area (Å²) in [6.45, 7) is 3.34. The molecule has 3 rings (SSSR count). The SMILES string of the molecule is Cc1cc(CC(=O)Nc2cc(C3CCCOC3)[nH]n2)on1. The van der Waals surface area contributed by atoms with Crippen LogP contribution in [0.4, 0.5) is 5.82 Å². The predicted molar refractivity (Wildman–Crippen MR) is 75.0 cm³/mol. The van der Waals surface area contributed by atoms with E-state index in [-0.39, 0.29) is 12.3 Å². The van der Waals surface area contributed by atoms with E-state index in [2.05, 4.69) is 20.7 Å². The normalized spacial score (nSPS) is 18.6. The monoisotopic (exact) mass is 290 g/mol. The van der Waals surface area contributed by atoms with E-state index in [4.69, 9.17) is 9.26 Å². The lowest BCUT2D eigenvalue weighted by atomic mass is 9.99. The minimum Gasteiger partial charge on any atom is -0.381 e. The quantitative estimate of drug-likeness (QED) is 0.895. The molecule has 0 bridgehead atoms. The van der Waals surface area contributed by atoms with Crippen LogP contribution in [0, 0.1) is 6.92 Å². The van der Waals surface area contributed by atoms with Gasteiger partial charge in [-0.3, -0.25) is 9.89 Å². The van der Waals surface area contributed by atoms with Crippen LogP contribution in [0.2, 0.25) is 0 Å². The molecule has 0 aliphatic carbocycles. The molecule has 112 valence electrons. The van der Waals surface area contributed by atoms with Gasteiger partial charge in [0, 0.05) is 30.4 Å². The van der Waals surface area contributed by atoms with Crippen molar-refractivity contribution in [3.63, 3.8) is 0 Å². The lowest BCUT2D eigenvalue weighted by molar-refractivity contribution is -0.115. The Balaban J connectivity index is 1.57. The maximum atomic E-state index is 11.9. The van der Waals surface area contributed by atoms with Crippen LogP contribution in [0.25, 0.3) is 0 Å². The molecule has 0 saturated carbocycles. The van der Waals surface area contributed by atoms with Crippen LogP contribution in [0.5, 0.6) is 0 Å². The highest BCUT2D eigenvalue weighted by Gasteiger charge is 2.19. The highest BCUT2D eigenvalue weighted by atomic mass is 16.5. The number of hydrogen-bond acceptors (Lipinski definition) is 5. The van der Waals surface area contributed by atoms with E-state index in [1.54, 1.807) is 6.07 Å². The molecular weight excluding hydrogens is 272 g/mol. The van der Waals surface area contributed by atoms with Gasteiger partial charge in [-0.1, -0.05) is 5.16 Å². The number of H-pyrrole nitrogens is 1. The van der Waals surface area contributed by atoms with E-state index < -0.39 is 0 Å². The summed E-state index contributed by atoms with van der Waals surface area (Å²) in [4.78, 5) is 11.9. The largest absolute Gasteiger partial charge is 0.381 e. The van der Waals surface area contributed by atoms with E-state index >= 15 is 0 Å². The lowest BCUT2D eigenvalue weighted by Gasteiger charge is -2.20. The van der Waals surface area contributed by atoms with Gasteiger partial charge in [-0.15, -0.1) is 0 Å². The molecule has 1 fully saturated rings. The van der Waals surface area contributed by atoms with Crippen molar-refractivity contribution >= 4 is 11.7 Å². The maximum Gasteiger partial charge on any atom is 0.233 e. The molecule has 1 atom stereocenters. The second kappa shape index (κ2) is 6.09. The molecule has 21 heavy (non-hydrogen) atoms. The van der Waals surface area contributed by atoms with Crippen molar-refractivity contribution in [3.8, 4) is 0 Å². The molecule has 2 aromatic heterocycles. The Morgan fingerprint density at radius 3 is 3.14 bits per heavy atom. The summed E-state index contributed by atoms with van der Waals surface area (Å²) in [7, 11) is 0. The highest BCUT2D eigenvalue weighted by Crippen LogP contribution is 2.25. The second-order valence-corrected chi connectivity index (χ2v) is 5.28. The Labute approximate surface area is 122 Å². The summed E-state index contributed by atoms with van der Waals surface area (Å²) in [5.74, 6) is 1.22. The number of ether oxygens (including phenoxy) is 1. The van der Waals surface area contributed by atoms with Crippen molar-refractivity contribution in [2.24, 2.45) is 0 Å². The number of amides is 1. The molecule has 1 aliphatic rings. The summed E-state index contributed by atoms with van der Waals surface area (Å²) >= 11 is 0. The fraction of sp³-hybridized carbons (Fsp3) is 0.500. The number of anilines is 1. The van der Waals surface area contributed by atoms with Crippen molar-refractivity contribution in [2.45, 2.75) is 32.1 Å². The topological polar surface area (TPSA) is 93.0 Å². The molecule has 1 amide bonds. The molecule has 2 aromatic rings. The van der Waals surface area contributed by atoms with Crippen LogP contribution in [0.3, 0.4) is 0 Å². The standard InChI is InChI=1S/C14H18N4O3/c1-9-5-11(21-18-9)6-14(19)15-13-7-12(16-17-13)10-3-2-4-20-8-10/h5,7,10H,2-4,6,8H2,1H3,(H2,15,16,17,19). The third kappa shape index (κ3) is 3.49. The molecule has 7 nitrogen and oxygen atoms in total. The molecule has 7 heteroatoms. The predicted octanol–water partition coefficient (Wildman–Crippen LogP) is 1.78. The lowest BCUT2D eigenvalue weighted by Crippen LogP contribution is -2.15. The molecule has 3 heterocycles. The summed E-state index contributed by atoms with van der Waals surface area (Å²) < 4.78 is 10.5. The Hall–Kier alpha value is -2.15. The number of carbonyl (C=O) groups is 1. The highest BCUT2D eigenvalue weighted by molar-refractivity contribution is 5.91. The summed E-state index contributed by atoms with van der Waals surface area (Å²) in [6.07, 6.45) is 2.28. The van der Waals surface area contributed by atoms with Gasteiger partial charge < -0.3 is 14.6 Å². The molecule has 0 radical (unpaired) electrons. The van der Waals surface area contributed by atoms with Gasteiger partial charge in [-0.05, 0) is 19.8 Å². The number of aryl methyl sites for hydroxylation is 1. The maximum absolute atomic E-state index is 11.9. The first kappa shape index (κ1) is 13.8. The van der Waals surface area contributed by atoms with Crippen molar-refractivity contribution in [2.75, 3.05) is 18.5 Å². The fourth-order valence-electron chi connectivity index (χ4n) is 2.44. The van der Waals surface area contributed by atoms with Crippen molar-refractivity contribution in [1.82, 2.24) is 15.4 Å². The molecule has 1 unspecified atom stereocenters. The van der Waals surface area contributed by atoms with Gasteiger partial charge in [0.05, 0.1) is 18.7 Å². The number of aromatic amines is 1. The first-order valence-electron chi connectivity index (χ1n) is 7.06. The van der Waals surface area contributed by atoms with Gasteiger partial charge >= 0.3 is 0 Å². The van der Waals surface area contributed by atoms with Gasteiger partial charge in [0.25, 0.3) is 0 Å². The van der Waals surface area contributed by atoms with E-state index in [0.29, 0.717) is 24.1 Å². The number of aromatic nitrogens is 3. The van der Waals surface area contributed by atoms with Crippen molar-refractivity contribution in [1.29, 1.82) is 0 Å². The Kier molecular flexibility index (Phi) is 4.01. The molecule has 1 aliphatic heterocycles. The van der Waals surface area contributed by atoms with Crippen molar-refractivity contribution in [3.05, 3.63) is 29.3 Å². The zero-order valence-electron chi connectivity index (χ0n) is 11.9. The van der Waals surface area contributed by atoms with Crippen LogP contribution in [0.1, 0.15) is 35.9 Å². The van der Waals surface area contributed by atoms with Gasteiger partial charge in [0.15, 0.2) is 5.82 Å². The van der Waals surface area contributed by atoms with E-state index in [1.165, 1.54) is 0 Å². The first-order chi connectivity index (χ1) is 10.2. The second-order valence-electron chi connectivity index (χ2n) is 5.28. The number of carbonyl (C=O) groups excluding carboxylic acids is 1. The summed E-state index contributed by atoms with van der Waals surface area (Å²) in [6, 6.07) is 3.61. The van der Waals surface area contributed by atoms with Crippen LogP contribution in [-0.2, 0) is 16.0 Å². The smallest absolute Gasteiger partial charge is 0.233 e. The number of nitrogens with one attached hydrogen (secondary N) is 2. The van der Waals surface area contributed by atoms with Gasteiger partial charge in [-0.2, -0.15) is 5.10 Å². The average Bonchev–Trinajstić information content (AvgIpc) is 3.09. The van der Waals surface area contributed by atoms with Gasteiger partial charge in [0.1, 0.15) is 5.76 Å². The minimum absolute atomic E-state index is 0.148. The summed E-state index contributed by atoms with van der Waals surface area (Å²) in [5, 5.41) is 13.6. The Morgan fingerprint density at radius 1 is 1.52 bits per heavy atom. The molecule has 0 spiro atoms. The van der Waals surface area contributed by atoms with Gasteiger partial charge in [0.2, 0.25) is 5.91 Å². The number of nitrogens with zero attached hydrogens (tertiary/aromatic N) is 2. The third-order valence-electron chi connectivity index (χ3n) is 3.48. The zero-order chi connectivity index (χ0) is 14.7. The Bertz CT molecular complexity index is 613. The van der Waals surface area contributed by atoms with Crippen LogP contribution in [0.15, 0.2) is 16.7 Å². The van der Waals surface area contributed by atoms with E-state index in [1.807, 2.05) is 13.0 Å². The zero-order valence-corrected chi connectivity index (χ0v) is 11.9. The molecular formula is C14H18N4O3. The van der Waals surface area contributed by atoms with Crippen LogP contribution >= 0.6 is 0 Å². The third-order valence-corrected chi connectivity index (χ3v) is 3.48. The number of rotatable bonds is 4. The molecule has 2 N–H and O–H groups in total. The number of hydrogen-bond donors (Lipinski definition) is 2. The van der Waals surface area contributed by atoms with E-state index in [9.17, 15) is 4.79 Å². The molecule has 0 aromatic carbocycles. The molecule has 1 saturated heterocycles. The first-order valence-corrected chi connectivity index (χ1v) is 7.06. The van der Waals surface area contributed by atoms with E-state index in [0.717, 1.165) is 30.8 Å².